The van der Waals surface area contributed by atoms with Gasteiger partial charge in [0.1, 0.15) is 0 Å². The van der Waals surface area contributed by atoms with Crippen molar-refractivity contribution in [3.63, 3.8) is 0 Å². The highest BCUT2D eigenvalue weighted by atomic mass is 16.2. The van der Waals surface area contributed by atoms with Crippen molar-refractivity contribution in [2.75, 3.05) is 7.05 Å². The maximum absolute atomic E-state index is 11.8. The molecule has 0 aromatic heterocycles. The van der Waals surface area contributed by atoms with Crippen molar-refractivity contribution in [1.82, 2.24) is 4.90 Å². The minimum absolute atomic E-state index is 0.190. The van der Waals surface area contributed by atoms with Crippen LogP contribution in [0.15, 0.2) is 18.2 Å². The third-order valence-electron chi connectivity index (χ3n) is 3.30. The summed E-state index contributed by atoms with van der Waals surface area (Å²) in [5.74, 6) is 0.0277. The Kier molecular flexibility index (Phi) is 2.54. The van der Waals surface area contributed by atoms with Gasteiger partial charge in [-0.2, -0.15) is 0 Å². The Hall–Kier alpha value is -1.64. The number of fused-ring (bicyclic) bond motifs is 1. The van der Waals surface area contributed by atoms with E-state index in [1.165, 1.54) is 11.9 Å². The second kappa shape index (κ2) is 3.74. The average Bonchev–Trinajstić information content (AvgIpc) is 2.53. The van der Waals surface area contributed by atoms with Crippen LogP contribution in [0.3, 0.4) is 0 Å². The molecular formula is C13H15NO2. The van der Waals surface area contributed by atoms with E-state index < -0.39 is 0 Å². The van der Waals surface area contributed by atoms with Crippen LogP contribution in [-0.4, -0.2) is 23.8 Å². The Labute approximate surface area is 95.1 Å². The molecule has 84 valence electrons. The smallest absolute Gasteiger partial charge is 0.261 e. The van der Waals surface area contributed by atoms with Crippen LogP contribution in [0.1, 0.15) is 52.5 Å². The third kappa shape index (κ3) is 1.43. The van der Waals surface area contributed by atoms with Crippen molar-refractivity contribution in [3.8, 4) is 0 Å². The molecule has 1 heterocycles. The minimum atomic E-state index is -0.198. The molecule has 1 unspecified atom stereocenters. The first kappa shape index (κ1) is 10.9. The molecule has 0 aliphatic carbocycles. The van der Waals surface area contributed by atoms with Crippen molar-refractivity contribution in [2.45, 2.75) is 26.2 Å². The third-order valence-corrected chi connectivity index (χ3v) is 3.30. The lowest BCUT2D eigenvalue weighted by atomic mass is 9.95. The summed E-state index contributed by atoms with van der Waals surface area (Å²) in [5.41, 5.74) is 2.20. The van der Waals surface area contributed by atoms with E-state index in [0.717, 1.165) is 12.0 Å². The van der Waals surface area contributed by atoms with Crippen molar-refractivity contribution >= 4 is 11.8 Å². The highest BCUT2D eigenvalue weighted by Gasteiger charge is 2.32. The zero-order valence-corrected chi connectivity index (χ0v) is 9.78. The molecule has 0 radical (unpaired) electrons. The molecule has 1 aliphatic rings. The zero-order valence-electron chi connectivity index (χ0n) is 9.78. The minimum Gasteiger partial charge on any atom is -0.277 e. The first-order valence-corrected chi connectivity index (χ1v) is 5.52. The van der Waals surface area contributed by atoms with Crippen LogP contribution in [0.2, 0.25) is 0 Å². The molecule has 0 spiro atoms. The van der Waals surface area contributed by atoms with E-state index in [0.29, 0.717) is 17.0 Å². The molecule has 0 saturated heterocycles. The Morgan fingerprint density at radius 1 is 1.19 bits per heavy atom. The monoisotopic (exact) mass is 217 g/mol. The number of benzene rings is 1. The van der Waals surface area contributed by atoms with E-state index in [4.69, 9.17) is 0 Å². The molecule has 0 fully saturated rings. The fourth-order valence-corrected chi connectivity index (χ4v) is 1.92. The summed E-state index contributed by atoms with van der Waals surface area (Å²) >= 11 is 0. The largest absolute Gasteiger partial charge is 0.277 e. The molecule has 2 amide bonds. The molecule has 1 aromatic carbocycles. The topological polar surface area (TPSA) is 37.4 Å². The highest BCUT2D eigenvalue weighted by Crippen LogP contribution is 2.26. The van der Waals surface area contributed by atoms with Crippen LogP contribution in [-0.2, 0) is 0 Å². The van der Waals surface area contributed by atoms with Gasteiger partial charge in [0.25, 0.3) is 11.8 Å². The number of imide groups is 1. The average molecular weight is 217 g/mol. The summed E-state index contributed by atoms with van der Waals surface area (Å²) in [4.78, 5) is 24.6. The van der Waals surface area contributed by atoms with Crippen LogP contribution in [0.25, 0.3) is 0 Å². The Morgan fingerprint density at radius 3 is 2.44 bits per heavy atom. The lowest BCUT2D eigenvalue weighted by Crippen LogP contribution is -2.24. The van der Waals surface area contributed by atoms with Crippen LogP contribution in [0.4, 0.5) is 0 Å². The van der Waals surface area contributed by atoms with Crippen molar-refractivity contribution in [3.05, 3.63) is 34.9 Å². The number of hydrogen-bond donors (Lipinski definition) is 0. The van der Waals surface area contributed by atoms with Gasteiger partial charge < -0.3 is 0 Å². The van der Waals surface area contributed by atoms with E-state index in [9.17, 15) is 9.59 Å². The maximum Gasteiger partial charge on any atom is 0.261 e. The van der Waals surface area contributed by atoms with Crippen LogP contribution < -0.4 is 0 Å². The number of hydrogen-bond acceptors (Lipinski definition) is 2. The molecule has 1 aromatic rings. The quantitative estimate of drug-likeness (QED) is 0.713. The van der Waals surface area contributed by atoms with Gasteiger partial charge in [-0.15, -0.1) is 0 Å². The zero-order chi connectivity index (χ0) is 11.9. The molecule has 0 N–H and O–H groups in total. The van der Waals surface area contributed by atoms with Gasteiger partial charge in [0.05, 0.1) is 11.1 Å². The maximum atomic E-state index is 11.8. The molecule has 0 bridgehead atoms. The second-order valence-electron chi connectivity index (χ2n) is 4.28. The Balaban J connectivity index is 2.49. The van der Waals surface area contributed by atoms with Gasteiger partial charge in [0, 0.05) is 7.05 Å². The molecule has 1 aliphatic heterocycles. The van der Waals surface area contributed by atoms with E-state index >= 15 is 0 Å². The fraction of sp³-hybridized carbons (Fsp3) is 0.385. The molecule has 3 heteroatoms. The number of carbonyl (C=O) groups excluding carboxylic acids is 2. The molecule has 1 atom stereocenters. The van der Waals surface area contributed by atoms with Gasteiger partial charge in [-0.3, -0.25) is 14.5 Å². The van der Waals surface area contributed by atoms with Crippen LogP contribution in [0.5, 0.6) is 0 Å². The second-order valence-corrected chi connectivity index (χ2v) is 4.28. The van der Waals surface area contributed by atoms with Crippen molar-refractivity contribution in [1.29, 1.82) is 0 Å². The van der Waals surface area contributed by atoms with E-state index in [-0.39, 0.29) is 11.8 Å². The molecule has 16 heavy (non-hydrogen) atoms. The van der Waals surface area contributed by atoms with E-state index in [1.54, 1.807) is 6.07 Å². The van der Waals surface area contributed by atoms with E-state index in [2.05, 4.69) is 13.8 Å². The summed E-state index contributed by atoms with van der Waals surface area (Å²) in [6.07, 6.45) is 1.02. The number of amides is 2. The Bertz CT molecular complexity index is 465. The highest BCUT2D eigenvalue weighted by molar-refractivity contribution is 6.21. The number of carbonyl (C=O) groups is 2. The SMILES string of the molecule is CCC(C)c1ccc2c(c1)C(=O)N(C)C2=O. The van der Waals surface area contributed by atoms with Crippen molar-refractivity contribution < 1.29 is 9.59 Å². The van der Waals surface area contributed by atoms with Gasteiger partial charge in [-0.25, -0.2) is 0 Å². The predicted octanol–water partition coefficient (Wildman–Crippen LogP) is 2.43. The summed E-state index contributed by atoms with van der Waals surface area (Å²) < 4.78 is 0. The molecular weight excluding hydrogens is 202 g/mol. The molecule has 2 rings (SSSR count). The number of rotatable bonds is 2. The Morgan fingerprint density at radius 2 is 1.81 bits per heavy atom. The standard InChI is InChI=1S/C13H15NO2/c1-4-8(2)9-5-6-10-11(7-9)13(16)14(3)12(10)15/h5-8H,4H2,1-3H3. The first-order chi connectivity index (χ1) is 7.56. The fourth-order valence-electron chi connectivity index (χ4n) is 1.92. The summed E-state index contributed by atoms with van der Waals surface area (Å²) in [6.45, 7) is 4.23. The summed E-state index contributed by atoms with van der Waals surface area (Å²) in [6, 6.07) is 5.56. The lowest BCUT2D eigenvalue weighted by molar-refractivity contribution is 0.0693. The van der Waals surface area contributed by atoms with Crippen molar-refractivity contribution in [2.24, 2.45) is 0 Å². The van der Waals surface area contributed by atoms with Gasteiger partial charge in [0.2, 0.25) is 0 Å². The van der Waals surface area contributed by atoms with Crippen LogP contribution in [0, 0.1) is 0 Å². The molecule has 3 nitrogen and oxygen atoms in total. The van der Waals surface area contributed by atoms with Gasteiger partial charge in [0.15, 0.2) is 0 Å². The van der Waals surface area contributed by atoms with Crippen LogP contribution >= 0.6 is 0 Å². The normalized spacial score (nSPS) is 16.6. The summed E-state index contributed by atoms with van der Waals surface area (Å²) in [7, 11) is 1.52. The molecule has 0 saturated carbocycles. The lowest BCUT2D eigenvalue weighted by Gasteiger charge is -2.09. The predicted molar refractivity (Wildman–Crippen MR) is 61.6 cm³/mol. The summed E-state index contributed by atoms with van der Waals surface area (Å²) in [5, 5.41) is 0. The van der Waals surface area contributed by atoms with Gasteiger partial charge in [-0.05, 0) is 30.0 Å². The van der Waals surface area contributed by atoms with Gasteiger partial charge >= 0.3 is 0 Å². The number of nitrogens with zero attached hydrogens (tertiary/aromatic N) is 1. The van der Waals surface area contributed by atoms with E-state index in [1.807, 2.05) is 12.1 Å². The first-order valence-electron chi connectivity index (χ1n) is 5.52. The van der Waals surface area contributed by atoms with Gasteiger partial charge in [-0.1, -0.05) is 19.9 Å².